The van der Waals surface area contributed by atoms with Crippen molar-refractivity contribution in [2.24, 2.45) is 0 Å². The van der Waals surface area contributed by atoms with Crippen molar-refractivity contribution in [2.45, 2.75) is 0 Å². The highest BCUT2D eigenvalue weighted by Crippen LogP contribution is 2.32. The van der Waals surface area contributed by atoms with Crippen LogP contribution in [0.25, 0.3) is 0 Å². The predicted octanol–water partition coefficient (Wildman–Crippen LogP) is 3.95. The molecule has 0 aromatic heterocycles. The van der Waals surface area contributed by atoms with Gasteiger partial charge in [0.15, 0.2) is 17.4 Å². The lowest BCUT2D eigenvalue weighted by atomic mass is 10.4. The molecule has 0 N–H and O–H groups in total. The highest BCUT2D eigenvalue weighted by atomic mass is 35.5. The Morgan fingerprint density at radius 3 is 0.792 bits per heavy atom. The van der Waals surface area contributed by atoms with Crippen molar-refractivity contribution in [3.05, 3.63) is 91.0 Å². The van der Waals surface area contributed by atoms with Gasteiger partial charge in [-0.3, -0.25) is 0 Å². The summed E-state index contributed by atoms with van der Waals surface area (Å²) < 4.78 is 0. The summed E-state index contributed by atoms with van der Waals surface area (Å²) in [6.45, 7) is 0. The summed E-state index contributed by atoms with van der Waals surface area (Å²) in [4.78, 5) is 0. The van der Waals surface area contributed by atoms with Gasteiger partial charge in [0, 0.05) is 0 Å². The Balaban J connectivity index is -0.000000882. The third-order valence-corrected chi connectivity index (χ3v) is 5.49. The third-order valence-electron chi connectivity index (χ3n) is 3.04. The Morgan fingerprint density at radius 1 is 0.375 bits per heavy atom. The molecule has 3 rings (SSSR count). The van der Waals surface area contributed by atoms with Gasteiger partial charge in [0.05, 0.1) is 0 Å². The molecule has 0 unspecified atom stereocenters. The van der Waals surface area contributed by atoms with Gasteiger partial charge in [0.2, 0.25) is 0 Å². The summed E-state index contributed by atoms with van der Waals surface area (Å²) in [5.74, 6) is 0. The molecule has 6 heteroatoms. The number of rotatable bonds is 3. The minimum Gasteiger partial charge on any atom is -0.147 e. The molecule has 0 aliphatic rings. The second kappa shape index (κ2) is 15.1. The number of hydrogen-bond acceptors (Lipinski definition) is 0. The van der Waals surface area contributed by atoms with Crippen molar-refractivity contribution in [1.29, 1.82) is 0 Å². The maximum atomic E-state index is 2.23. The highest BCUT2D eigenvalue weighted by molar-refractivity contribution is 7.79. The lowest BCUT2D eigenvalue weighted by Gasteiger charge is -2.18. The summed E-state index contributed by atoms with van der Waals surface area (Å²) in [6.07, 6.45) is 0. The van der Waals surface area contributed by atoms with E-state index in [1.54, 1.807) is 0 Å². The van der Waals surface area contributed by atoms with Crippen molar-refractivity contribution in [2.75, 3.05) is 0 Å². The van der Waals surface area contributed by atoms with Crippen molar-refractivity contribution >= 4 is 90.8 Å². The van der Waals surface area contributed by atoms with Crippen molar-refractivity contribution in [1.82, 2.24) is 0 Å². The quantitative estimate of drug-likeness (QED) is 0.430. The average Bonchev–Trinajstić information content (AvgIpc) is 2.51. The van der Waals surface area contributed by atoms with E-state index in [0.29, 0.717) is 0 Å². The lowest BCUT2D eigenvalue weighted by molar-refractivity contribution is 1.74. The molecule has 0 nitrogen and oxygen atoms in total. The Bertz CT molecular complexity index is 545. The first-order chi connectivity index (χ1) is 9.45. The zero-order valence-electron chi connectivity index (χ0n) is 12.2. The monoisotopic (exact) mass is 436 g/mol. The molecule has 0 fully saturated rings. The van der Waals surface area contributed by atoms with Gasteiger partial charge in [-0.1, -0.05) is 91.0 Å². The molecule has 24 heavy (non-hydrogen) atoms. The first kappa shape index (κ1) is 28.6. The van der Waals surface area contributed by atoms with Crippen LogP contribution in [-0.4, -0.2) is 17.4 Å². The number of benzene rings is 3. The molecule has 3 aromatic rings. The SMILES string of the molecule is Cl.Cl.Cl.Cl.[AlH3].c1ccc(P(c2ccccc2)c2ccccc2)cc1. The smallest absolute Gasteiger partial charge is 0.147 e. The third kappa shape index (κ3) is 7.35. The number of halogens is 4. The van der Waals surface area contributed by atoms with Gasteiger partial charge >= 0.3 is 0 Å². The Morgan fingerprint density at radius 2 is 0.583 bits per heavy atom. The van der Waals surface area contributed by atoms with Crippen LogP contribution in [-0.2, 0) is 0 Å². The van der Waals surface area contributed by atoms with E-state index in [-0.39, 0.29) is 67.0 Å². The molecule has 0 aliphatic carbocycles. The van der Waals surface area contributed by atoms with Crippen LogP contribution in [0, 0.1) is 0 Å². The minimum atomic E-state index is -0.446. The summed E-state index contributed by atoms with van der Waals surface area (Å²) in [5.41, 5.74) is 0. The summed E-state index contributed by atoms with van der Waals surface area (Å²) in [7, 11) is -0.446. The molecular formula is C18H22AlCl4P. The summed E-state index contributed by atoms with van der Waals surface area (Å²) >= 11 is 0. The van der Waals surface area contributed by atoms with Crippen LogP contribution in [0.3, 0.4) is 0 Å². The lowest BCUT2D eigenvalue weighted by Crippen LogP contribution is -2.20. The topological polar surface area (TPSA) is 0 Å². The van der Waals surface area contributed by atoms with E-state index in [9.17, 15) is 0 Å². The molecule has 0 heterocycles. The van der Waals surface area contributed by atoms with Gasteiger partial charge in [-0.2, -0.15) is 0 Å². The molecule has 0 aliphatic heterocycles. The molecule has 0 saturated carbocycles. The zero-order chi connectivity index (χ0) is 12.9. The van der Waals surface area contributed by atoms with Crippen LogP contribution in [0.1, 0.15) is 0 Å². The van der Waals surface area contributed by atoms with E-state index in [0.717, 1.165) is 0 Å². The van der Waals surface area contributed by atoms with Gasteiger partial charge in [0.25, 0.3) is 0 Å². The van der Waals surface area contributed by atoms with E-state index >= 15 is 0 Å². The van der Waals surface area contributed by atoms with Crippen molar-refractivity contribution in [3.63, 3.8) is 0 Å². The first-order valence-corrected chi connectivity index (χ1v) is 7.74. The maximum absolute atomic E-state index is 2.23. The highest BCUT2D eigenvalue weighted by Gasteiger charge is 2.14. The Hall–Kier alpha value is -0.218. The van der Waals surface area contributed by atoms with Gasteiger partial charge in [-0.25, -0.2) is 0 Å². The molecule has 0 radical (unpaired) electrons. The number of hydrogen-bond donors (Lipinski definition) is 0. The van der Waals surface area contributed by atoms with Gasteiger partial charge in [-0.05, 0) is 23.8 Å². The standard InChI is InChI=1S/C18H15P.Al.4ClH.3H/c1-4-10-16(11-5-1)19(17-12-6-2-7-13-17)18-14-8-3-9-15-18;;;;;;;;/h1-15H;;4*1H;;;. The van der Waals surface area contributed by atoms with Gasteiger partial charge in [0.1, 0.15) is 0 Å². The maximum Gasteiger partial charge on any atom is 0.187 e. The second-order valence-corrected chi connectivity index (χ2v) is 6.56. The average molecular weight is 438 g/mol. The van der Waals surface area contributed by atoms with E-state index in [2.05, 4.69) is 91.0 Å². The molecule has 0 saturated heterocycles. The van der Waals surface area contributed by atoms with Crippen LogP contribution >= 0.6 is 57.5 Å². The van der Waals surface area contributed by atoms with Gasteiger partial charge in [-0.15, -0.1) is 49.6 Å². The molecule has 0 atom stereocenters. The Labute approximate surface area is 181 Å². The normalized spacial score (nSPS) is 8.38. The molecule has 0 amide bonds. The van der Waals surface area contributed by atoms with E-state index in [1.165, 1.54) is 15.9 Å². The molecule has 0 spiro atoms. The van der Waals surface area contributed by atoms with Crippen LogP contribution in [0.2, 0.25) is 0 Å². The van der Waals surface area contributed by atoms with Crippen LogP contribution in [0.15, 0.2) is 91.0 Å². The second-order valence-electron chi connectivity index (χ2n) is 4.34. The van der Waals surface area contributed by atoms with Crippen molar-refractivity contribution in [3.8, 4) is 0 Å². The molecular weight excluding hydrogens is 416 g/mol. The molecule has 3 aromatic carbocycles. The Kier molecular flexibility index (Phi) is 17.9. The first-order valence-electron chi connectivity index (χ1n) is 6.40. The van der Waals surface area contributed by atoms with Crippen LogP contribution in [0.5, 0.6) is 0 Å². The van der Waals surface area contributed by atoms with Gasteiger partial charge < -0.3 is 0 Å². The summed E-state index contributed by atoms with van der Waals surface area (Å²) in [5, 5.41) is 4.19. The van der Waals surface area contributed by atoms with Crippen LogP contribution in [0.4, 0.5) is 0 Å². The molecule has 130 valence electrons. The summed E-state index contributed by atoms with van der Waals surface area (Å²) in [6, 6.07) is 32.3. The zero-order valence-corrected chi connectivity index (χ0v) is 16.4. The van der Waals surface area contributed by atoms with E-state index in [4.69, 9.17) is 0 Å². The fraction of sp³-hybridized carbons (Fsp3) is 0. The minimum absolute atomic E-state index is 0. The largest absolute Gasteiger partial charge is 0.187 e. The fourth-order valence-corrected chi connectivity index (χ4v) is 4.48. The fourth-order valence-electron chi connectivity index (χ4n) is 2.18. The van der Waals surface area contributed by atoms with E-state index in [1.807, 2.05) is 0 Å². The molecule has 0 bridgehead atoms. The van der Waals surface area contributed by atoms with Crippen LogP contribution < -0.4 is 15.9 Å². The van der Waals surface area contributed by atoms with Crippen molar-refractivity contribution < 1.29 is 0 Å². The predicted molar refractivity (Wildman–Crippen MR) is 124 cm³/mol. The van der Waals surface area contributed by atoms with E-state index < -0.39 is 7.92 Å².